The van der Waals surface area contributed by atoms with Crippen LogP contribution in [0.3, 0.4) is 0 Å². The van der Waals surface area contributed by atoms with Gasteiger partial charge in [0, 0.05) is 25.9 Å². The smallest absolute Gasteiger partial charge is 0.150 e. The van der Waals surface area contributed by atoms with Crippen LogP contribution < -0.4 is 4.90 Å². The zero-order valence-electron chi connectivity index (χ0n) is 11.2. The summed E-state index contributed by atoms with van der Waals surface area (Å²) in [6, 6.07) is 8.52. The Morgan fingerprint density at radius 3 is 2.24 bits per heavy atom. The zero-order valence-corrected chi connectivity index (χ0v) is 11.2. The Bertz CT molecular complexity index is 538. The van der Waals surface area contributed by atoms with E-state index >= 15 is 0 Å². The van der Waals surface area contributed by atoms with Gasteiger partial charge in [0.05, 0.1) is 5.69 Å². The van der Waals surface area contributed by atoms with Crippen molar-refractivity contribution in [2.75, 3.05) is 19.0 Å². The maximum Gasteiger partial charge on any atom is 0.150 e. The molecule has 0 fully saturated rings. The summed E-state index contributed by atoms with van der Waals surface area (Å²) in [5, 5.41) is 4.59. The molecule has 90 valence electrons. The third-order valence-corrected chi connectivity index (χ3v) is 3.07. The molecule has 0 N–H and O–H groups in total. The van der Waals surface area contributed by atoms with Crippen LogP contribution in [0.1, 0.15) is 16.8 Å². The Labute approximate surface area is 103 Å². The number of rotatable bonds is 2. The highest BCUT2D eigenvalue weighted by Gasteiger charge is 2.07. The van der Waals surface area contributed by atoms with Crippen molar-refractivity contribution in [3.63, 3.8) is 0 Å². The van der Waals surface area contributed by atoms with Gasteiger partial charge in [-0.15, -0.1) is 0 Å². The highest BCUT2D eigenvalue weighted by Crippen LogP contribution is 2.18. The number of hydrogen-bond acceptors (Lipinski definition) is 2. The highest BCUT2D eigenvalue weighted by atomic mass is 15.3. The summed E-state index contributed by atoms with van der Waals surface area (Å²) >= 11 is 0. The molecule has 0 amide bonds. The van der Waals surface area contributed by atoms with Crippen molar-refractivity contribution in [3.05, 3.63) is 41.1 Å². The number of benzene rings is 1. The molecule has 0 unspecified atom stereocenters. The van der Waals surface area contributed by atoms with Crippen LogP contribution in [-0.4, -0.2) is 23.9 Å². The minimum atomic E-state index is 0.987. The molecule has 0 aliphatic heterocycles. The Kier molecular flexibility index (Phi) is 2.92. The standard InChI is InChI=1S/C14H19N3/c1-10-6-7-13(8-11(10)2)17-12(3)9-14(15-17)16(4)5/h6-9H,1-5H3. The van der Waals surface area contributed by atoms with Gasteiger partial charge in [-0.3, -0.25) is 0 Å². The van der Waals surface area contributed by atoms with Crippen LogP contribution in [0.25, 0.3) is 5.69 Å². The molecular formula is C14H19N3. The summed E-state index contributed by atoms with van der Waals surface area (Å²) in [6.07, 6.45) is 0. The predicted molar refractivity (Wildman–Crippen MR) is 72.1 cm³/mol. The third-order valence-electron chi connectivity index (χ3n) is 3.07. The Morgan fingerprint density at radius 2 is 1.71 bits per heavy atom. The van der Waals surface area contributed by atoms with Crippen LogP contribution in [0.2, 0.25) is 0 Å². The van der Waals surface area contributed by atoms with Crippen LogP contribution in [0.4, 0.5) is 5.82 Å². The fraction of sp³-hybridized carbons (Fsp3) is 0.357. The summed E-state index contributed by atoms with van der Waals surface area (Å²) in [7, 11) is 4.01. The lowest BCUT2D eigenvalue weighted by Crippen LogP contribution is -2.10. The predicted octanol–water partition coefficient (Wildman–Crippen LogP) is 2.86. The van der Waals surface area contributed by atoms with E-state index in [2.05, 4.69) is 50.1 Å². The SMILES string of the molecule is Cc1ccc(-n2nc(N(C)C)cc2C)cc1C. The third kappa shape index (κ3) is 2.18. The lowest BCUT2D eigenvalue weighted by atomic mass is 10.1. The van der Waals surface area contributed by atoms with E-state index in [0.29, 0.717) is 0 Å². The van der Waals surface area contributed by atoms with Gasteiger partial charge in [0.25, 0.3) is 0 Å². The lowest BCUT2D eigenvalue weighted by Gasteiger charge is -2.08. The molecule has 17 heavy (non-hydrogen) atoms. The zero-order chi connectivity index (χ0) is 12.6. The minimum absolute atomic E-state index is 0.987. The molecule has 3 heteroatoms. The van der Waals surface area contributed by atoms with Crippen molar-refractivity contribution >= 4 is 5.82 Å². The largest absolute Gasteiger partial charge is 0.361 e. The van der Waals surface area contributed by atoms with Gasteiger partial charge in [0.1, 0.15) is 0 Å². The second-order valence-electron chi connectivity index (χ2n) is 4.72. The number of aromatic nitrogens is 2. The summed E-state index contributed by atoms with van der Waals surface area (Å²) in [5.74, 6) is 0.987. The molecule has 0 saturated heterocycles. The molecule has 0 saturated carbocycles. The molecular weight excluding hydrogens is 210 g/mol. The van der Waals surface area contributed by atoms with E-state index in [0.717, 1.165) is 17.2 Å². The van der Waals surface area contributed by atoms with E-state index in [1.165, 1.54) is 11.1 Å². The molecule has 0 atom stereocenters. The number of nitrogens with zero attached hydrogens (tertiary/aromatic N) is 3. The van der Waals surface area contributed by atoms with Crippen LogP contribution in [0.5, 0.6) is 0 Å². The first kappa shape index (κ1) is 11.7. The van der Waals surface area contributed by atoms with E-state index in [4.69, 9.17) is 0 Å². The van der Waals surface area contributed by atoms with E-state index in [1.807, 2.05) is 23.7 Å². The highest BCUT2D eigenvalue weighted by molar-refractivity contribution is 5.45. The number of anilines is 1. The van der Waals surface area contributed by atoms with Crippen LogP contribution in [0.15, 0.2) is 24.3 Å². The Balaban J connectivity index is 2.49. The molecule has 2 aromatic rings. The second kappa shape index (κ2) is 4.24. The number of aryl methyl sites for hydroxylation is 3. The van der Waals surface area contributed by atoms with Gasteiger partial charge in [-0.1, -0.05) is 6.07 Å². The number of hydrogen-bond donors (Lipinski definition) is 0. The van der Waals surface area contributed by atoms with E-state index in [9.17, 15) is 0 Å². The van der Waals surface area contributed by atoms with Gasteiger partial charge in [0.2, 0.25) is 0 Å². The van der Waals surface area contributed by atoms with Crippen LogP contribution in [-0.2, 0) is 0 Å². The summed E-state index contributed by atoms with van der Waals surface area (Å²) in [4.78, 5) is 2.02. The lowest BCUT2D eigenvalue weighted by molar-refractivity contribution is 0.836. The van der Waals surface area contributed by atoms with E-state index in [-0.39, 0.29) is 0 Å². The van der Waals surface area contributed by atoms with Gasteiger partial charge in [0.15, 0.2) is 5.82 Å². The average molecular weight is 229 g/mol. The molecule has 0 aliphatic rings. The monoisotopic (exact) mass is 229 g/mol. The molecule has 1 heterocycles. The van der Waals surface area contributed by atoms with Gasteiger partial charge in [-0.25, -0.2) is 4.68 Å². The molecule has 3 nitrogen and oxygen atoms in total. The molecule has 0 aliphatic carbocycles. The van der Waals surface area contributed by atoms with Crippen molar-refractivity contribution < 1.29 is 0 Å². The first-order valence-electron chi connectivity index (χ1n) is 5.80. The van der Waals surface area contributed by atoms with Crippen molar-refractivity contribution in [3.8, 4) is 5.69 Å². The second-order valence-corrected chi connectivity index (χ2v) is 4.72. The fourth-order valence-corrected chi connectivity index (χ4v) is 1.80. The molecule has 0 radical (unpaired) electrons. The fourth-order valence-electron chi connectivity index (χ4n) is 1.80. The summed E-state index contributed by atoms with van der Waals surface area (Å²) in [5.41, 5.74) is 4.88. The van der Waals surface area contributed by atoms with Crippen molar-refractivity contribution in [2.45, 2.75) is 20.8 Å². The molecule has 0 bridgehead atoms. The van der Waals surface area contributed by atoms with E-state index < -0.39 is 0 Å². The van der Waals surface area contributed by atoms with Crippen LogP contribution >= 0.6 is 0 Å². The quantitative estimate of drug-likeness (QED) is 0.789. The Hall–Kier alpha value is -1.77. The first-order chi connectivity index (χ1) is 7.99. The minimum Gasteiger partial charge on any atom is -0.361 e. The summed E-state index contributed by atoms with van der Waals surface area (Å²) < 4.78 is 1.99. The summed E-state index contributed by atoms with van der Waals surface area (Å²) in [6.45, 7) is 6.33. The van der Waals surface area contributed by atoms with Crippen molar-refractivity contribution in [2.24, 2.45) is 0 Å². The molecule has 1 aromatic carbocycles. The van der Waals surface area contributed by atoms with Crippen LogP contribution in [0, 0.1) is 20.8 Å². The average Bonchev–Trinajstić information content (AvgIpc) is 2.65. The van der Waals surface area contributed by atoms with Gasteiger partial charge < -0.3 is 4.90 Å². The Morgan fingerprint density at radius 1 is 1.00 bits per heavy atom. The van der Waals surface area contributed by atoms with Gasteiger partial charge in [-0.2, -0.15) is 5.10 Å². The maximum atomic E-state index is 4.59. The molecule has 0 spiro atoms. The van der Waals surface area contributed by atoms with Crippen molar-refractivity contribution in [1.82, 2.24) is 9.78 Å². The molecule has 1 aromatic heterocycles. The van der Waals surface area contributed by atoms with Gasteiger partial charge in [-0.05, 0) is 44.0 Å². The topological polar surface area (TPSA) is 21.1 Å². The van der Waals surface area contributed by atoms with E-state index in [1.54, 1.807) is 0 Å². The molecule has 2 rings (SSSR count). The van der Waals surface area contributed by atoms with Crippen molar-refractivity contribution in [1.29, 1.82) is 0 Å². The normalized spacial score (nSPS) is 10.6. The maximum absolute atomic E-state index is 4.59. The van der Waals surface area contributed by atoms with Gasteiger partial charge >= 0.3 is 0 Å². The first-order valence-corrected chi connectivity index (χ1v) is 5.80.